The summed E-state index contributed by atoms with van der Waals surface area (Å²) in [4.78, 5) is 12.7. The van der Waals surface area contributed by atoms with Crippen LogP contribution >= 0.6 is 0 Å². The minimum absolute atomic E-state index is 0.144. The van der Waals surface area contributed by atoms with Crippen LogP contribution in [-0.4, -0.2) is 31.1 Å². The van der Waals surface area contributed by atoms with Crippen molar-refractivity contribution in [3.8, 4) is 11.6 Å². The molecule has 0 aliphatic rings. The average Bonchev–Trinajstić information content (AvgIpc) is 3.24. The van der Waals surface area contributed by atoms with E-state index in [1.807, 2.05) is 44.2 Å². The molecule has 0 aliphatic heterocycles. The summed E-state index contributed by atoms with van der Waals surface area (Å²) in [6, 6.07) is 13.4. The first-order valence-corrected chi connectivity index (χ1v) is 8.52. The van der Waals surface area contributed by atoms with Crippen molar-refractivity contribution in [1.82, 2.24) is 19.6 Å². The number of nitrogens with zero attached hydrogens (tertiary/aromatic N) is 4. The van der Waals surface area contributed by atoms with Crippen molar-refractivity contribution in [3.05, 3.63) is 54.9 Å². The molecule has 1 N–H and O–H groups in total. The van der Waals surface area contributed by atoms with Crippen molar-refractivity contribution >= 4 is 11.7 Å². The van der Waals surface area contributed by atoms with Crippen molar-refractivity contribution in [1.29, 1.82) is 0 Å². The van der Waals surface area contributed by atoms with Gasteiger partial charge in [-0.3, -0.25) is 4.79 Å². The topological polar surface area (TPSA) is 74.0 Å². The van der Waals surface area contributed by atoms with Gasteiger partial charge in [-0.1, -0.05) is 18.2 Å². The smallest absolute Gasteiger partial charge is 0.269 e. The third kappa shape index (κ3) is 3.77. The highest BCUT2D eigenvalue weighted by Crippen LogP contribution is 2.20. The quantitative estimate of drug-likeness (QED) is 0.737. The van der Waals surface area contributed by atoms with Gasteiger partial charge < -0.3 is 10.1 Å². The van der Waals surface area contributed by atoms with Gasteiger partial charge >= 0.3 is 0 Å². The van der Waals surface area contributed by atoms with Crippen LogP contribution in [0.3, 0.4) is 0 Å². The van der Waals surface area contributed by atoms with E-state index in [1.54, 1.807) is 47.7 Å². The second kappa shape index (κ2) is 7.03. The fourth-order valence-corrected chi connectivity index (χ4v) is 2.49. The number of hydrogen-bond donors (Lipinski definition) is 1. The highest BCUT2D eigenvalue weighted by Gasteiger charge is 2.31. The summed E-state index contributed by atoms with van der Waals surface area (Å²) >= 11 is 0. The lowest BCUT2D eigenvalue weighted by atomic mass is 10.1. The van der Waals surface area contributed by atoms with Crippen LogP contribution in [0.2, 0.25) is 0 Å². The fourth-order valence-electron chi connectivity index (χ4n) is 2.49. The summed E-state index contributed by atoms with van der Waals surface area (Å²) < 4.78 is 9.29. The van der Waals surface area contributed by atoms with E-state index >= 15 is 0 Å². The third-order valence-corrected chi connectivity index (χ3v) is 3.89. The van der Waals surface area contributed by atoms with Gasteiger partial charge in [0, 0.05) is 24.4 Å². The third-order valence-electron chi connectivity index (χ3n) is 3.89. The monoisotopic (exact) mass is 353 g/mol. The molecule has 7 nitrogen and oxygen atoms in total. The lowest BCUT2D eigenvalue weighted by Crippen LogP contribution is -2.43. The molecule has 0 bridgehead atoms. The van der Waals surface area contributed by atoms with E-state index < -0.39 is 5.60 Å². The molecule has 3 aromatic rings. The van der Waals surface area contributed by atoms with E-state index in [1.165, 1.54) is 0 Å². The molecule has 0 saturated heterocycles. The molecule has 0 fully saturated rings. The molecule has 26 heavy (non-hydrogen) atoms. The number of carbonyl (C=O) groups is 1. The van der Waals surface area contributed by atoms with Gasteiger partial charge in [0.1, 0.15) is 5.82 Å². The van der Waals surface area contributed by atoms with Gasteiger partial charge in [0.15, 0.2) is 5.60 Å². The molecule has 0 unspecified atom stereocenters. The molecule has 3 rings (SSSR count). The Morgan fingerprint density at radius 3 is 2.58 bits per heavy atom. The van der Waals surface area contributed by atoms with Crippen molar-refractivity contribution in [3.63, 3.8) is 0 Å². The Kier molecular flexibility index (Phi) is 4.79. The van der Waals surface area contributed by atoms with Crippen LogP contribution < -0.4 is 10.1 Å². The Bertz CT molecular complexity index is 880. The minimum Gasteiger partial charge on any atom is -0.460 e. The summed E-state index contributed by atoms with van der Waals surface area (Å²) in [5, 5.41) is 11.5. The first-order chi connectivity index (χ1) is 12.4. The SMILES string of the molecule is CC(C)n1nccc1NC(=O)C(C)(C)Oc1ccn(-c2ccccc2)n1. The molecule has 0 saturated carbocycles. The Labute approximate surface area is 152 Å². The van der Waals surface area contributed by atoms with E-state index in [0.717, 1.165) is 5.69 Å². The van der Waals surface area contributed by atoms with E-state index in [4.69, 9.17) is 4.74 Å². The number of nitrogens with one attached hydrogen (secondary N) is 1. The zero-order valence-corrected chi connectivity index (χ0v) is 15.4. The molecule has 1 amide bonds. The maximum absolute atomic E-state index is 12.7. The summed E-state index contributed by atoms with van der Waals surface area (Å²) in [6.07, 6.45) is 3.46. The molecular weight excluding hydrogens is 330 g/mol. The Balaban J connectivity index is 1.71. The Hall–Kier alpha value is -3.09. The number of benzene rings is 1. The first-order valence-electron chi connectivity index (χ1n) is 8.52. The standard InChI is InChI=1S/C19H23N5O2/c1-14(2)24-16(10-12-20-24)21-18(25)19(3,4)26-17-11-13-23(22-17)15-8-6-5-7-9-15/h5-14H,1-4H3,(H,21,25). The van der Waals surface area contributed by atoms with Gasteiger partial charge in [0.2, 0.25) is 5.88 Å². The molecule has 0 atom stereocenters. The van der Waals surface area contributed by atoms with Gasteiger partial charge in [-0.05, 0) is 39.8 Å². The molecular formula is C19H23N5O2. The predicted octanol–water partition coefficient (Wildman–Crippen LogP) is 3.45. The maximum Gasteiger partial charge on any atom is 0.269 e. The minimum atomic E-state index is -1.10. The molecule has 0 aliphatic carbocycles. The van der Waals surface area contributed by atoms with Crippen LogP contribution in [0.4, 0.5) is 5.82 Å². The number of anilines is 1. The molecule has 2 heterocycles. The number of para-hydroxylation sites is 1. The summed E-state index contributed by atoms with van der Waals surface area (Å²) in [7, 11) is 0. The molecule has 0 radical (unpaired) electrons. The van der Waals surface area contributed by atoms with E-state index in [2.05, 4.69) is 15.5 Å². The molecule has 7 heteroatoms. The summed E-state index contributed by atoms with van der Waals surface area (Å²) in [5.74, 6) is 0.747. The van der Waals surface area contributed by atoms with Crippen LogP contribution in [-0.2, 0) is 4.79 Å². The molecule has 136 valence electrons. The summed E-state index contributed by atoms with van der Waals surface area (Å²) in [6.45, 7) is 7.42. The number of aromatic nitrogens is 4. The largest absolute Gasteiger partial charge is 0.460 e. The van der Waals surface area contributed by atoms with Crippen LogP contribution in [0.5, 0.6) is 5.88 Å². The number of ether oxygens (including phenoxy) is 1. The van der Waals surface area contributed by atoms with Crippen molar-refractivity contribution in [2.45, 2.75) is 39.3 Å². The molecule has 1 aromatic carbocycles. The van der Waals surface area contributed by atoms with Crippen molar-refractivity contribution in [2.24, 2.45) is 0 Å². The van der Waals surface area contributed by atoms with Gasteiger partial charge in [0.25, 0.3) is 5.91 Å². The summed E-state index contributed by atoms with van der Waals surface area (Å²) in [5.41, 5.74) is -0.174. The molecule has 2 aromatic heterocycles. The molecule has 0 spiro atoms. The first kappa shape index (κ1) is 17.7. The second-order valence-corrected chi connectivity index (χ2v) is 6.76. The number of hydrogen-bond acceptors (Lipinski definition) is 4. The zero-order chi connectivity index (χ0) is 18.7. The zero-order valence-electron chi connectivity index (χ0n) is 15.4. The highest BCUT2D eigenvalue weighted by atomic mass is 16.5. The van der Waals surface area contributed by atoms with E-state index in [9.17, 15) is 4.79 Å². The lowest BCUT2D eigenvalue weighted by molar-refractivity contribution is -0.128. The Morgan fingerprint density at radius 2 is 1.88 bits per heavy atom. The number of carbonyl (C=O) groups excluding carboxylic acids is 1. The van der Waals surface area contributed by atoms with E-state index in [-0.39, 0.29) is 11.9 Å². The second-order valence-electron chi connectivity index (χ2n) is 6.76. The maximum atomic E-state index is 12.7. The van der Waals surface area contributed by atoms with Crippen LogP contribution in [0, 0.1) is 0 Å². The van der Waals surface area contributed by atoms with Gasteiger partial charge in [-0.25, -0.2) is 9.36 Å². The normalized spacial score (nSPS) is 11.6. The fraction of sp³-hybridized carbons (Fsp3) is 0.316. The van der Waals surface area contributed by atoms with Crippen molar-refractivity contribution in [2.75, 3.05) is 5.32 Å². The van der Waals surface area contributed by atoms with E-state index in [0.29, 0.717) is 11.7 Å². The Morgan fingerprint density at radius 1 is 1.15 bits per heavy atom. The van der Waals surface area contributed by atoms with Crippen LogP contribution in [0.25, 0.3) is 5.69 Å². The van der Waals surface area contributed by atoms with Gasteiger partial charge in [-0.15, -0.1) is 5.10 Å². The van der Waals surface area contributed by atoms with Gasteiger partial charge in [-0.2, -0.15) is 5.10 Å². The average molecular weight is 353 g/mol. The number of rotatable bonds is 6. The van der Waals surface area contributed by atoms with Crippen LogP contribution in [0.1, 0.15) is 33.7 Å². The number of amides is 1. The predicted molar refractivity (Wildman–Crippen MR) is 99.5 cm³/mol. The lowest BCUT2D eigenvalue weighted by Gasteiger charge is -2.24. The highest BCUT2D eigenvalue weighted by molar-refractivity contribution is 5.96. The van der Waals surface area contributed by atoms with Gasteiger partial charge in [0.05, 0.1) is 11.9 Å². The van der Waals surface area contributed by atoms with Crippen LogP contribution in [0.15, 0.2) is 54.9 Å². The van der Waals surface area contributed by atoms with Crippen molar-refractivity contribution < 1.29 is 9.53 Å².